The van der Waals surface area contributed by atoms with Crippen LogP contribution in [0.4, 0.5) is 0 Å². The van der Waals surface area contributed by atoms with E-state index in [1.165, 1.54) is 11.5 Å². The zero-order valence-corrected chi connectivity index (χ0v) is 31.6. The Morgan fingerprint density at radius 3 is 2.11 bits per heavy atom. The Bertz CT molecular complexity index is 2250. The van der Waals surface area contributed by atoms with E-state index in [4.69, 9.17) is 28.4 Å². The van der Waals surface area contributed by atoms with Crippen LogP contribution in [-0.2, 0) is 30.8 Å². The molecule has 1 atom stereocenters. The molecule has 2 aliphatic heterocycles. The molecular formula is C42H45N5O9. The summed E-state index contributed by atoms with van der Waals surface area (Å²) in [4.78, 5) is 48.2. The number of hydrogen-bond acceptors (Lipinski definition) is 11. The molecule has 1 saturated heterocycles. The van der Waals surface area contributed by atoms with Crippen LogP contribution in [0.3, 0.4) is 0 Å². The number of nitrogens with one attached hydrogen (secondary N) is 1. The average Bonchev–Trinajstić information content (AvgIpc) is 3.62. The Morgan fingerprint density at radius 1 is 0.732 bits per heavy atom. The summed E-state index contributed by atoms with van der Waals surface area (Å²) >= 11 is 0. The summed E-state index contributed by atoms with van der Waals surface area (Å²) in [7, 11) is 2.07. The molecule has 2 aliphatic rings. The van der Waals surface area contributed by atoms with Crippen molar-refractivity contribution in [3.05, 3.63) is 96.1 Å². The summed E-state index contributed by atoms with van der Waals surface area (Å²) < 4.78 is 36.1. The number of piperidine rings is 1. The summed E-state index contributed by atoms with van der Waals surface area (Å²) in [5.41, 5.74) is 6.42. The smallest absolute Gasteiger partial charge is 0.262 e. The van der Waals surface area contributed by atoms with Gasteiger partial charge in [0.05, 0.1) is 69.5 Å². The van der Waals surface area contributed by atoms with E-state index in [1.54, 1.807) is 12.1 Å². The third kappa shape index (κ3) is 8.58. The average molecular weight is 764 g/mol. The van der Waals surface area contributed by atoms with Crippen molar-refractivity contribution in [2.45, 2.75) is 25.8 Å². The number of nitrogens with zero attached hydrogens (tertiary/aromatic N) is 4. The molecule has 3 aromatic heterocycles. The van der Waals surface area contributed by atoms with Crippen LogP contribution in [0.1, 0.15) is 39.1 Å². The van der Waals surface area contributed by atoms with Gasteiger partial charge in [-0.05, 0) is 61.7 Å². The molecule has 1 N–H and O–H groups in total. The first-order chi connectivity index (χ1) is 27.3. The molecule has 0 saturated carbocycles. The van der Waals surface area contributed by atoms with E-state index in [0.717, 1.165) is 38.0 Å². The minimum Gasteiger partial charge on any atom is -0.491 e. The van der Waals surface area contributed by atoms with E-state index in [-0.39, 0.29) is 17.7 Å². The predicted octanol–water partition coefficient (Wildman–Crippen LogP) is 5.01. The van der Waals surface area contributed by atoms with Gasteiger partial charge in [-0.3, -0.25) is 24.3 Å². The van der Waals surface area contributed by atoms with Crippen LogP contribution in [0, 0.1) is 6.92 Å². The lowest BCUT2D eigenvalue weighted by Crippen LogP contribution is -2.51. The fraction of sp³-hybridized carbons (Fsp3) is 0.357. The molecule has 2 aromatic carbocycles. The molecule has 1 fully saturated rings. The molecule has 56 heavy (non-hydrogen) atoms. The van der Waals surface area contributed by atoms with Crippen molar-refractivity contribution in [1.82, 2.24) is 24.8 Å². The second-order valence-electron chi connectivity index (χ2n) is 13.5. The molecule has 292 valence electrons. The molecular weight excluding hydrogens is 718 g/mol. The lowest BCUT2D eigenvalue weighted by atomic mass is 10.0. The lowest BCUT2D eigenvalue weighted by molar-refractivity contribution is -0.125. The number of rotatable bonds is 19. The number of pyridine rings is 2. The number of carbonyl (C=O) groups is 3. The van der Waals surface area contributed by atoms with E-state index in [1.807, 2.05) is 31.6 Å². The SMILES string of the molecule is C=C1CCC(N2C(=O)c3ccc(OCCOCCOCCOCCOCCOc4ncc(-c5ccc6c7cnccc7n(C)c6c5)cc4C)cc3C2=O)C(=O)N1. The van der Waals surface area contributed by atoms with Crippen molar-refractivity contribution in [1.29, 1.82) is 0 Å². The molecule has 3 amide bonds. The maximum Gasteiger partial charge on any atom is 0.262 e. The minimum absolute atomic E-state index is 0.220. The monoisotopic (exact) mass is 763 g/mol. The van der Waals surface area contributed by atoms with Crippen molar-refractivity contribution in [2.75, 3.05) is 66.1 Å². The zero-order chi connectivity index (χ0) is 39.0. The standard InChI is InChI=1S/C42H45N5O9/c1-27-22-30(29-5-7-32-35-26-43-11-10-36(35)46(3)38(32)23-29)25-44-40(27)56-21-19-54-17-15-52-13-12-51-14-16-53-18-20-55-31-6-8-33-34(24-31)42(50)47(41(33)49)37-9-4-28(2)45-39(37)48/h5-8,10-11,22-26,37H,2,4,9,12-21H2,1,3H3,(H,45,48). The number of allylic oxidation sites excluding steroid dienone is 1. The van der Waals surface area contributed by atoms with Crippen LogP contribution < -0.4 is 14.8 Å². The molecule has 14 nitrogen and oxygen atoms in total. The van der Waals surface area contributed by atoms with Crippen molar-refractivity contribution in [2.24, 2.45) is 7.05 Å². The van der Waals surface area contributed by atoms with Crippen LogP contribution in [0.25, 0.3) is 32.9 Å². The number of benzene rings is 2. The van der Waals surface area contributed by atoms with Gasteiger partial charge >= 0.3 is 0 Å². The maximum absolute atomic E-state index is 13.0. The highest BCUT2D eigenvalue weighted by Gasteiger charge is 2.44. The van der Waals surface area contributed by atoms with Gasteiger partial charge in [0.1, 0.15) is 25.0 Å². The molecule has 7 rings (SSSR count). The Hall–Kier alpha value is -5.67. The van der Waals surface area contributed by atoms with Gasteiger partial charge in [0, 0.05) is 58.8 Å². The van der Waals surface area contributed by atoms with Gasteiger partial charge in [-0.1, -0.05) is 18.7 Å². The lowest BCUT2D eigenvalue weighted by Gasteiger charge is -2.29. The third-order valence-electron chi connectivity index (χ3n) is 9.77. The highest BCUT2D eigenvalue weighted by Crippen LogP contribution is 2.33. The molecule has 0 spiro atoms. The number of aryl methyl sites for hydroxylation is 2. The summed E-state index contributed by atoms with van der Waals surface area (Å²) in [6.45, 7) is 9.60. The fourth-order valence-electron chi connectivity index (χ4n) is 6.90. The molecule has 5 aromatic rings. The van der Waals surface area contributed by atoms with Crippen LogP contribution in [-0.4, -0.2) is 109 Å². The Morgan fingerprint density at radius 2 is 1.41 bits per heavy atom. The number of carbonyl (C=O) groups excluding carboxylic acids is 3. The molecule has 0 bridgehead atoms. The van der Waals surface area contributed by atoms with E-state index in [0.29, 0.717) is 89.6 Å². The molecule has 0 aliphatic carbocycles. The van der Waals surface area contributed by atoms with E-state index < -0.39 is 23.8 Å². The Kier molecular flexibility index (Phi) is 12.3. The van der Waals surface area contributed by atoms with Crippen molar-refractivity contribution < 1.29 is 42.8 Å². The summed E-state index contributed by atoms with van der Waals surface area (Å²) in [6.07, 6.45) is 6.42. The first-order valence-electron chi connectivity index (χ1n) is 18.7. The number of amides is 3. The maximum atomic E-state index is 13.0. The quantitative estimate of drug-likeness (QED) is 0.0893. The molecule has 5 heterocycles. The third-order valence-corrected chi connectivity index (χ3v) is 9.77. The molecule has 0 radical (unpaired) electrons. The molecule has 1 unspecified atom stereocenters. The van der Waals surface area contributed by atoms with Crippen molar-refractivity contribution in [3.63, 3.8) is 0 Å². The van der Waals surface area contributed by atoms with Crippen LogP contribution in [0.15, 0.2) is 79.4 Å². The highest BCUT2D eigenvalue weighted by atomic mass is 16.6. The van der Waals surface area contributed by atoms with Crippen LogP contribution >= 0.6 is 0 Å². The first-order valence-corrected chi connectivity index (χ1v) is 18.7. The van der Waals surface area contributed by atoms with Gasteiger partial charge in [-0.15, -0.1) is 0 Å². The number of aromatic nitrogens is 3. The number of ether oxygens (including phenoxy) is 6. The Labute approximate surface area is 324 Å². The van der Waals surface area contributed by atoms with Crippen LogP contribution in [0.2, 0.25) is 0 Å². The summed E-state index contributed by atoms with van der Waals surface area (Å²) in [6, 6.07) is 14.4. The van der Waals surface area contributed by atoms with Gasteiger partial charge in [0.25, 0.3) is 11.8 Å². The summed E-state index contributed by atoms with van der Waals surface area (Å²) in [5, 5.41) is 4.95. The minimum atomic E-state index is -0.854. The van der Waals surface area contributed by atoms with Gasteiger partial charge in [-0.25, -0.2) is 4.98 Å². The second kappa shape index (κ2) is 17.9. The number of imide groups is 1. The van der Waals surface area contributed by atoms with Gasteiger partial charge in [0.15, 0.2) is 0 Å². The predicted molar refractivity (Wildman–Crippen MR) is 208 cm³/mol. The second-order valence-corrected chi connectivity index (χ2v) is 13.5. The Balaban J connectivity index is 0.704. The first kappa shape index (κ1) is 38.6. The van der Waals surface area contributed by atoms with Gasteiger partial charge < -0.3 is 38.3 Å². The van der Waals surface area contributed by atoms with Gasteiger partial charge in [0.2, 0.25) is 11.8 Å². The van der Waals surface area contributed by atoms with Crippen molar-refractivity contribution in [3.8, 4) is 22.8 Å². The number of fused-ring (bicyclic) bond motifs is 4. The van der Waals surface area contributed by atoms with Gasteiger partial charge in [-0.2, -0.15) is 0 Å². The number of hydrogen-bond donors (Lipinski definition) is 1. The largest absolute Gasteiger partial charge is 0.491 e. The summed E-state index contributed by atoms with van der Waals surface area (Å²) in [5.74, 6) is -0.368. The molecule has 14 heteroatoms. The fourth-order valence-corrected chi connectivity index (χ4v) is 6.90. The van der Waals surface area contributed by atoms with Crippen molar-refractivity contribution >= 4 is 39.5 Å². The van der Waals surface area contributed by atoms with E-state index in [9.17, 15) is 14.4 Å². The topological polar surface area (TPSA) is 153 Å². The zero-order valence-electron chi connectivity index (χ0n) is 31.6. The van der Waals surface area contributed by atoms with E-state index >= 15 is 0 Å². The van der Waals surface area contributed by atoms with E-state index in [2.05, 4.69) is 57.7 Å². The van der Waals surface area contributed by atoms with Crippen LogP contribution in [0.5, 0.6) is 11.6 Å². The highest BCUT2D eigenvalue weighted by molar-refractivity contribution is 6.23. The normalized spacial score (nSPS) is 15.5.